The molecule has 0 aliphatic carbocycles. The van der Waals surface area contributed by atoms with E-state index in [0.29, 0.717) is 17.2 Å². The number of benzene rings is 2. The number of fused-ring (bicyclic) bond motifs is 1. The number of ether oxygens (including phenoxy) is 3. The van der Waals surface area contributed by atoms with Gasteiger partial charge >= 0.3 is 6.61 Å². The van der Waals surface area contributed by atoms with E-state index in [1.54, 1.807) is 24.3 Å². The Kier molecular flexibility index (Phi) is 3.78. The van der Waals surface area contributed by atoms with Crippen molar-refractivity contribution in [1.29, 1.82) is 0 Å². The first kappa shape index (κ1) is 14.1. The Morgan fingerprint density at radius 1 is 1.14 bits per heavy atom. The SMILES string of the molecule is O=C(Nc1ccc2c(c1)OCO2)c1ccccc1OC(F)F. The summed E-state index contributed by atoms with van der Waals surface area (Å²) in [6, 6.07) is 10.7. The number of carbonyl (C=O) groups excluding carboxylic acids is 1. The molecule has 0 spiro atoms. The van der Waals surface area contributed by atoms with E-state index in [9.17, 15) is 13.6 Å². The monoisotopic (exact) mass is 307 g/mol. The Labute approximate surface area is 124 Å². The number of anilines is 1. The van der Waals surface area contributed by atoms with Crippen molar-refractivity contribution in [2.45, 2.75) is 6.61 Å². The topological polar surface area (TPSA) is 56.8 Å². The minimum Gasteiger partial charge on any atom is -0.454 e. The molecule has 0 bridgehead atoms. The van der Waals surface area contributed by atoms with E-state index in [1.165, 1.54) is 18.2 Å². The Morgan fingerprint density at radius 3 is 2.73 bits per heavy atom. The average Bonchev–Trinajstić information content (AvgIpc) is 2.94. The number of carbonyl (C=O) groups is 1. The van der Waals surface area contributed by atoms with Crippen molar-refractivity contribution >= 4 is 11.6 Å². The summed E-state index contributed by atoms with van der Waals surface area (Å²) in [5, 5.41) is 2.60. The fourth-order valence-electron chi connectivity index (χ4n) is 2.03. The van der Waals surface area contributed by atoms with Crippen molar-refractivity contribution in [3.8, 4) is 17.2 Å². The highest BCUT2D eigenvalue weighted by Gasteiger charge is 2.17. The number of halogens is 2. The minimum absolute atomic E-state index is 0.0143. The predicted molar refractivity (Wildman–Crippen MR) is 73.6 cm³/mol. The van der Waals surface area contributed by atoms with E-state index < -0.39 is 12.5 Å². The second-order valence-corrected chi connectivity index (χ2v) is 4.40. The third kappa shape index (κ3) is 2.93. The molecule has 0 atom stereocenters. The van der Waals surface area contributed by atoms with Gasteiger partial charge in [-0.3, -0.25) is 4.79 Å². The summed E-state index contributed by atoms with van der Waals surface area (Å²) in [5.41, 5.74) is 0.474. The molecule has 0 radical (unpaired) electrons. The molecule has 1 heterocycles. The van der Waals surface area contributed by atoms with Gasteiger partial charge in [-0.2, -0.15) is 8.78 Å². The van der Waals surface area contributed by atoms with Crippen molar-refractivity contribution in [3.05, 3.63) is 48.0 Å². The van der Waals surface area contributed by atoms with E-state index in [-0.39, 0.29) is 18.1 Å². The van der Waals surface area contributed by atoms with Crippen LogP contribution in [0, 0.1) is 0 Å². The maximum Gasteiger partial charge on any atom is 0.387 e. The number of amides is 1. The Bertz CT molecular complexity index is 706. The highest BCUT2D eigenvalue weighted by molar-refractivity contribution is 6.06. The lowest BCUT2D eigenvalue weighted by atomic mass is 10.2. The molecule has 1 aliphatic heterocycles. The number of hydrogen-bond acceptors (Lipinski definition) is 4. The van der Waals surface area contributed by atoms with Crippen LogP contribution in [0.2, 0.25) is 0 Å². The van der Waals surface area contributed by atoms with Crippen molar-refractivity contribution < 1.29 is 27.8 Å². The average molecular weight is 307 g/mol. The molecule has 1 amide bonds. The quantitative estimate of drug-likeness (QED) is 0.942. The zero-order valence-corrected chi connectivity index (χ0v) is 11.2. The van der Waals surface area contributed by atoms with Crippen LogP contribution in [-0.4, -0.2) is 19.3 Å². The molecule has 0 fully saturated rings. The molecule has 5 nitrogen and oxygen atoms in total. The third-order valence-electron chi connectivity index (χ3n) is 2.98. The lowest BCUT2D eigenvalue weighted by Gasteiger charge is -2.11. The summed E-state index contributed by atoms with van der Waals surface area (Å²) in [6.07, 6.45) is 0. The van der Waals surface area contributed by atoms with Crippen LogP contribution in [0.15, 0.2) is 42.5 Å². The zero-order valence-electron chi connectivity index (χ0n) is 11.2. The number of rotatable bonds is 4. The molecule has 0 saturated carbocycles. The van der Waals surface area contributed by atoms with Crippen molar-refractivity contribution in [3.63, 3.8) is 0 Å². The van der Waals surface area contributed by atoms with Crippen LogP contribution in [0.4, 0.5) is 14.5 Å². The molecule has 1 N–H and O–H groups in total. The van der Waals surface area contributed by atoms with Gasteiger partial charge in [-0.1, -0.05) is 12.1 Å². The molecule has 2 aromatic carbocycles. The Hall–Kier alpha value is -2.83. The number of para-hydroxylation sites is 1. The fraction of sp³-hybridized carbons (Fsp3) is 0.133. The largest absolute Gasteiger partial charge is 0.454 e. The molecule has 0 aromatic heterocycles. The van der Waals surface area contributed by atoms with Crippen LogP contribution >= 0.6 is 0 Å². The van der Waals surface area contributed by atoms with E-state index >= 15 is 0 Å². The maximum absolute atomic E-state index is 12.4. The summed E-state index contributed by atoms with van der Waals surface area (Å²) in [6.45, 7) is -2.88. The molecule has 114 valence electrons. The van der Waals surface area contributed by atoms with Crippen molar-refractivity contribution in [1.82, 2.24) is 0 Å². The van der Waals surface area contributed by atoms with E-state index in [0.717, 1.165) is 0 Å². The van der Waals surface area contributed by atoms with Gasteiger partial charge in [-0.15, -0.1) is 0 Å². The lowest BCUT2D eigenvalue weighted by molar-refractivity contribution is -0.0501. The van der Waals surface area contributed by atoms with Gasteiger partial charge in [0.2, 0.25) is 6.79 Å². The summed E-state index contributed by atoms with van der Waals surface area (Å²) < 4.78 is 39.4. The van der Waals surface area contributed by atoms with Crippen LogP contribution in [0.5, 0.6) is 17.2 Å². The van der Waals surface area contributed by atoms with Crippen LogP contribution in [0.25, 0.3) is 0 Å². The van der Waals surface area contributed by atoms with Gasteiger partial charge in [0, 0.05) is 11.8 Å². The molecule has 7 heteroatoms. The summed E-state index contributed by atoms with van der Waals surface area (Å²) in [5.74, 6) is 0.347. The minimum atomic E-state index is -3.00. The fourth-order valence-corrected chi connectivity index (χ4v) is 2.03. The molecule has 0 unspecified atom stereocenters. The first-order valence-corrected chi connectivity index (χ1v) is 6.38. The number of nitrogens with one attached hydrogen (secondary N) is 1. The molecule has 2 aromatic rings. The molecule has 1 aliphatic rings. The molecular weight excluding hydrogens is 296 g/mol. The smallest absolute Gasteiger partial charge is 0.387 e. The molecule has 3 rings (SSSR count). The van der Waals surface area contributed by atoms with Crippen molar-refractivity contribution in [2.75, 3.05) is 12.1 Å². The Balaban J connectivity index is 1.80. The summed E-state index contributed by atoms with van der Waals surface area (Å²) in [7, 11) is 0. The highest BCUT2D eigenvalue weighted by atomic mass is 19.3. The summed E-state index contributed by atoms with van der Waals surface area (Å²) >= 11 is 0. The Morgan fingerprint density at radius 2 is 1.91 bits per heavy atom. The number of hydrogen-bond donors (Lipinski definition) is 1. The van der Waals surface area contributed by atoms with Crippen molar-refractivity contribution in [2.24, 2.45) is 0 Å². The normalized spacial score (nSPS) is 12.3. The second kappa shape index (κ2) is 5.88. The standard InChI is InChI=1S/C15H11F2NO4/c16-15(17)22-11-4-2-1-3-10(11)14(19)18-9-5-6-12-13(7-9)21-8-20-12/h1-7,15H,8H2,(H,18,19). The van der Waals surface area contributed by atoms with Gasteiger partial charge in [0.25, 0.3) is 5.91 Å². The molecule has 22 heavy (non-hydrogen) atoms. The van der Waals surface area contributed by atoms with Gasteiger partial charge in [0.1, 0.15) is 5.75 Å². The first-order chi connectivity index (χ1) is 10.6. The second-order valence-electron chi connectivity index (χ2n) is 4.40. The zero-order chi connectivity index (χ0) is 15.5. The van der Waals surface area contributed by atoms with Crippen LogP contribution in [-0.2, 0) is 0 Å². The van der Waals surface area contributed by atoms with Crippen LogP contribution < -0.4 is 19.5 Å². The van der Waals surface area contributed by atoms with Crippen LogP contribution in [0.1, 0.15) is 10.4 Å². The first-order valence-electron chi connectivity index (χ1n) is 6.38. The lowest BCUT2D eigenvalue weighted by Crippen LogP contribution is -2.14. The van der Waals surface area contributed by atoms with Gasteiger partial charge in [0.05, 0.1) is 5.56 Å². The van der Waals surface area contributed by atoms with Gasteiger partial charge in [-0.05, 0) is 24.3 Å². The van der Waals surface area contributed by atoms with E-state index in [4.69, 9.17) is 9.47 Å². The van der Waals surface area contributed by atoms with Gasteiger partial charge in [-0.25, -0.2) is 0 Å². The number of alkyl halides is 2. The van der Waals surface area contributed by atoms with E-state index in [2.05, 4.69) is 10.1 Å². The predicted octanol–water partition coefficient (Wildman–Crippen LogP) is 3.27. The maximum atomic E-state index is 12.4. The van der Waals surface area contributed by atoms with Gasteiger partial charge < -0.3 is 19.5 Å². The highest BCUT2D eigenvalue weighted by Crippen LogP contribution is 2.34. The molecular formula is C15H11F2NO4. The summed E-state index contributed by atoms with van der Waals surface area (Å²) in [4.78, 5) is 12.2. The van der Waals surface area contributed by atoms with Gasteiger partial charge in [0.15, 0.2) is 11.5 Å². The van der Waals surface area contributed by atoms with Crippen LogP contribution in [0.3, 0.4) is 0 Å². The van der Waals surface area contributed by atoms with E-state index in [1.807, 2.05) is 0 Å². The molecule has 0 saturated heterocycles. The third-order valence-corrected chi connectivity index (χ3v) is 2.98.